The number of carboxylic acid groups (broad SMARTS) is 1. The Balaban J connectivity index is 1.56. The highest BCUT2D eigenvalue weighted by atomic mass is 32.1. The third-order valence-corrected chi connectivity index (χ3v) is 6.01. The highest BCUT2D eigenvalue weighted by Gasteiger charge is 2.16. The Morgan fingerprint density at radius 1 is 0.939 bits per heavy atom. The third kappa shape index (κ3) is 5.51. The molecule has 1 heterocycles. The van der Waals surface area contributed by atoms with Crippen LogP contribution in [0.4, 0.5) is 0 Å². The molecule has 168 valence electrons. The van der Waals surface area contributed by atoms with E-state index in [-0.39, 0.29) is 6.61 Å². The van der Waals surface area contributed by atoms with Gasteiger partial charge in [0.2, 0.25) is 0 Å². The Morgan fingerprint density at radius 2 is 1.67 bits per heavy atom. The van der Waals surface area contributed by atoms with Crippen molar-refractivity contribution < 1.29 is 24.1 Å². The van der Waals surface area contributed by atoms with Crippen LogP contribution in [-0.2, 0) is 11.4 Å². The van der Waals surface area contributed by atoms with Crippen LogP contribution in [0, 0.1) is 6.92 Å². The molecule has 0 saturated carbocycles. The molecule has 4 aromatic rings. The molecule has 3 aromatic carbocycles. The first-order chi connectivity index (χ1) is 16.0. The molecule has 1 aromatic heterocycles. The number of nitrogens with zero attached hydrogens (tertiary/aromatic N) is 1. The number of methoxy groups -OCH3 is 1. The van der Waals surface area contributed by atoms with Crippen LogP contribution in [0.5, 0.6) is 17.2 Å². The molecular formula is C26H23NO5S. The van der Waals surface area contributed by atoms with Crippen molar-refractivity contribution in [3.05, 3.63) is 83.4 Å². The van der Waals surface area contributed by atoms with E-state index in [0.29, 0.717) is 18.1 Å². The smallest absolute Gasteiger partial charge is 0.341 e. The van der Waals surface area contributed by atoms with Gasteiger partial charge in [-0.2, -0.15) is 0 Å². The molecule has 0 radical (unpaired) electrons. The Hall–Kier alpha value is -3.84. The van der Waals surface area contributed by atoms with E-state index in [4.69, 9.17) is 24.3 Å². The number of thiazole rings is 1. The average Bonchev–Trinajstić information content (AvgIpc) is 3.27. The van der Waals surface area contributed by atoms with Gasteiger partial charge in [0, 0.05) is 5.56 Å². The molecule has 33 heavy (non-hydrogen) atoms. The summed E-state index contributed by atoms with van der Waals surface area (Å²) in [6, 6.07) is 23.3. The summed E-state index contributed by atoms with van der Waals surface area (Å²) in [5.41, 5.74) is 3.81. The van der Waals surface area contributed by atoms with Crippen molar-refractivity contribution in [2.24, 2.45) is 0 Å². The second kappa shape index (κ2) is 10.2. The van der Waals surface area contributed by atoms with Gasteiger partial charge in [0.1, 0.15) is 28.9 Å². The van der Waals surface area contributed by atoms with Gasteiger partial charge in [0.25, 0.3) is 0 Å². The van der Waals surface area contributed by atoms with Gasteiger partial charge in [-0.3, -0.25) is 0 Å². The minimum atomic E-state index is -1.01. The maximum atomic E-state index is 10.7. The van der Waals surface area contributed by atoms with Gasteiger partial charge >= 0.3 is 5.97 Å². The summed E-state index contributed by atoms with van der Waals surface area (Å²) in [5.74, 6) is 0.968. The van der Waals surface area contributed by atoms with E-state index in [0.717, 1.165) is 38.0 Å². The van der Waals surface area contributed by atoms with Gasteiger partial charge in [-0.15, -0.1) is 11.3 Å². The molecule has 7 heteroatoms. The Labute approximate surface area is 196 Å². The molecule has 0 fully saturated rings. The Morgan fingerprint density at radius 3 is 2.33 bits per heavy atom. The molecular weight excluding hydrogens is 438 g/mol. The van der Waals surface area contributed by atoms with E-state index in [1.54, 1.807) is 30.6 Å². The predicted molar refractivity (Wildman–Crippen MR) is 128 cm³/mol. The minimum absolute atomic E-state index is 0.315. The van der Waals surface area contributed by atoms with Crippen LogP contribution >= 0.6 is 11.3 Å². The summed E-state index contributed by atoms with van der Waals surface area (Å²) in [7, 11) is 1.65. The third-order valence-electron chi connectivity index (χ3n) is 4.93. The van der Waals surface area contributed by atoms with Crippen LogP contribution in [0.2, 0.25) is 0 Å². The van der Waals surface area contributed by atoms with Crippen LogP contribution in [0.3, 0.4) is 0 Å². The highest BCUT2D eigenvalue weighted by molar-refractivity contribution is 7.15. The van der Waals surface area contributed by atoms with Gasteiger partial charge in [0.15, 0.2) is 6.61 Å². The van der Waals surface area contributed by atoms with Crippen molar-refractivity contribution in [2.45, 2.75) is 13.5 Å². The number of hydrogen-bond acceptors (Lipinski definition) is 6. The van der Waals surface area contributed by atoms with Crippen LogP contribution in [0.15, 0.2) is 72.8 Å². The summed E-state index contributed by atoms with van der Waals surface area (Å²) in [5, 5.41) is 9.63. The lowest BCUT2D eigenvalue weighted by molar-refractivity contribution is -0.139. The predicted octanol–water partition coefficient (Wildman–Crippen LogP) is 5.84. The first kappa shape index (κ1) is 22.4. The quantitative estimate of drug-likeness (QED) is 0.338. The number of hydrogen-bond donors (Lipinski definition) is 1. The van der Waals surface area contributed by atoms with E-state index in [2.05, 4.69) is 12.1 Å². The van der Waals surface area contributed by atoms with Crippen LogP contribution in [0.25, 0.3) is 21.7 Å². The normalized spacial score (nSPS) is 10.6. The SMILES string of the molecule is COc1ccc(-c2nc(COc3ccc(OCC(=O)O)c(C)c3)sc2-c2ccccc2)cc1. The summed E-state index contributed by atoms with van der Waals surface area (Å²) in [6.07, 6.45) is 0. The summed E-state index contributed by atoms with van der Waals surface area (Å²) in [6.45, 7) is 1.79. The van der Waals surface area contributed by atoms with E-state index >= 15 is 0 Å². The highest BCUT2D eigenvalue weighted by Crippen LogP contribution is 2.37. The first-order valence-corrected chi connectivity index (χ1v) is 11.1. The van der Waals surface area contributed by atoms with Crippen molar-refractivity contribution >= 4 is 17.3 Å². The van der Waals surface area contributed by atoms with Crippen molar-refractivity contribution in [3.63, 3.8) is 0 Å². The fourth-order valence-corrected chi connectivity index (χ4v) is 4.32. The lowest BCUT2D eigenvalue weighted by atomic mass is 10.1. The Kier molecular flexibility index (Phi) is 6.90. The first-order valence-electron chi connectivity index (χ1n) is 10.3. The van der Waals surface area contributed by atoms with Gasteiger partial charge in [-0.1, -0.05) is 30.3 Å². The number of carbonyl (C=O) groups is 1. The zero-order valence-electron chi connectivity index (χ0n) is 18.3. The number of aliphatic carboxylic acids is 1. The lowest BCUT2D eigenvalue weighted by Crippen LogP contribution is -2.10. The zero-order valence-corrected chi connectivity index (χ0v) is 19.1. The monoisotopic (exact) mass is 461 g/mol. The second-order valence-corrected chi connectivity index (χ2v) is 8.36. The largest absolute Gasteiger partial charge is 0.497 e. The fraction of sp³-hybridized carbons (Fsp3) is 0.154. The van der Waals surface area contributed by atoms with Gasteiger partial charge in [-0.05, 0) is 60.5 Å². The molecule has 6 nitrogen and oxygen atoms in total. The Bertz CT molecular complexity index is 1240. The minimum Gasteiger partial charge on any atom is -0.497 e. The van der Waals surface area contributed by atoms with Crippen molar-refractivity contribution in [3.8, 4) is 38.9 Å². The number of benzene rings is 3. The van der Waals surface area contributed by atoms with E-state index in [9.17, 15) is 4.79 Å². The summed E-state index contributed by atoms with van der Waals surface area (Å²) >= 11 is 1.60. The second-order valence-electron chi connectivity index (χ2n) is 7.28. The number of rotatable bonds is 9. The molecule has 0 bridgehead atoms. The van der Waals surface area contributed by atoms with E-state index in [1.165, 1.54) is 0 Å². The topological polar surface area (TPSA) is 77.9 Å². The zero-order chi connectivity index (χ0) is 23.2. The number of aryl methyl sites for hydroxylation is 1. The molecule has 0 aliphatic heterocycles. The molecule has 4 rings (SSSR count). The molecule has 0 saturated heterocycles. The van der Waals surface area contributed by atoms with Crippen LogP contribution in [0.1, 0.15) is 10.6 Å². The number of aromatic nitrogens is 1. The van der Waals surface area contributed by atoms with Gasteiger partial charge in [0.05, 0.1) is 17.7 Å². The van der Waals surface area contributed by atoms with Crippen molar-refractivity contribution in [1.29, 1.82) is 0 Å². The lowest BCUT2D eigenvalue weighted by Gasteiger charge is -2.09. The van der Waals surface area contributed by atoms with Crippen molar-refractivity contribution in [1.82, 2.24) is 4.98 Å². The van der Waals surface area contributed by atoms with Gasteiger partial charge < -0.3 is 19.3 Å². The van der Waals surface area contributed by atoms with E-state index < -0.39 is 5.97 Å². The molecule has 0 aliphatic rings. The van der Waals surface area contributed by atoms with Crippen LogP contribution < -0.4 is 14.2 Å². The van der Waals surface area contributed by atoms with Crippen LogP contribution in [-0.4, -0.2) is 29.8 Å². The summed E-state index contributed by atoms with van der Waals surface area (Å²) in [4.78, 5) is 16.7. The van der Waals surface area contributed by atoms with E-state index in [1.807, 2.05) is 55.5 Å². The molecule has 0 unspecified atom stereocenters. The summed E-state index contributed by atoms with van der Waals surface area (Å²) < 4.78 is 16.5. The molecule has 1 N–H and O–H groups in total. The maximum absolute atomic E-state index is 10.7. The van der Waals surface area contributed by atoms with Crippen molar-refractivity contribution in [2.75, 3.05) is 13.7 Å². The number of carboxylic acids is 1. The fourth-order valence-electron chi connectivity index (χ4n) is 3.31. The molecule has 0 aliphatic carbocycles. The number of ether oxygens (including phenoxy) is 3. The average molecular weight is 462 g/mol. The standard InChI is InChI=1S/C26H23NO5S/c1-17-14-21(12-13-22(17)32-16-24(28)29)31-15-23-27-25(18-8-10-20(30-2)11-9-18)26(33-23)19-6-4-3-5-7-19/h3-14H,15-16H2,1-2H3,(H,28,29). The molecule has 0 amide bonds. The molecule has 0 spiro atoms. The maximum Gasteiger partial charge on any atom is 0.341 e. The van der Waals surface area contributed by atoms with Gasteiger partial charge in [-0.25, -0.2) is 9.78 Å². The molecule has 0 atom stereocenters.